The van der Waals surface area contributed by atoms with Crippen LogP contribution < -0.4 is 4.74 Å². The van der Waals surface area contributed by atoms with Crippen LogP contribution in [0.25, 0.3) is 0 Å². The number of carboxylic acids is 1. The number of aromatic carboxylic acids is 1. The first-order valence-corrected chi connectivity index (χ1v) is 5.29. The minimum Gasteiger partial charge on any atom is -0.478 e. The van der Waals surface area contributed by atoms with E-state index >= 15 is 0 Å². The van der Waals surface area contributed by atoms with E-state index in [9.17, 15) is 4.79 Å². The van der Waals surface area contributed by atoms with Gasteiger partial charge in [-0.05, 0) is 18.2 Å². The van der Waals surface area contributed by atoms with Crippen molar-refractivity contribution in [1.29, 1.82) is 0 Å². The van der Waals surface area contributed by atoms with Gasteiger partial charge in [-0.1, -0.05) is 11.6 Å². The third-order valence-electron chi connectivity index (χ3n) is 1.71. The maximum absolute atomic E-state index is 10.8. The molecule has 0 aliphatic carbocycles. The molecule has 0 spiro atoms. The summed E-state index contributed by atoms with van der Waals surface area (Å²) in [4.78, 5) is 14.6. The van der Waals surface area contributed by atoms with Crippen molar-refractivity contribution >= 4 is 29.1 Å². The van der Waals surface area contributed by atoms with Crippen LogP contribution in [0.3, 0.4) is 0 Å². The molecular formula is C9H5ClN2O3S. The summed E-state index contributed by atoms with van der Waals surface area (Å²) >= 11 is 6.78. The molecule has 7 heteroatoms. The minimum absolute atomic E-state index is 0.0105. The van der Waals surface area contributed by atoms with E-state index in [1.807, 2.05) is 0 Å². The van der Waals surface area contributed by atoms with Crippen molar-refractivity contribution in [3.05, 3.63) is 35.1 Å². The number of rotatable bonds is 3. The summed E-state index contributed by atoms with van der Waals surface area (Å²) in [5.41, 5.74) is -0.0105. The monoisotopic (exact) mass is 256 g/mol. The van der Waals surface area contributed by atoms with E-state index in [2.05, 4.69) is 9.36 Å². The minimum atomic E-state index is -1.10. The molecule has 0 saturated heterocycles. The van der Waals surface area contributed by atoms with Crippen LogP contribution in [0.15, 0.2) is 24.5 Å². The average molecular weight is 257 g/mol. The molecule has 1 aromatic heterocycles. The highest BCUT2D eigenvalue weighted by Crippen LogP contribution is 2.26. The largest absolute Gasteiger partial charge is 0.478 e. The molecule has 16 heavy (non-hydrogen) atoms. The summed E-state index contributed by atoms with van der Waals surface area (Å²) in [6.07, 6.45) is 1.36. The zero-order chi connectivity index (χ0) is 11.5. The van der Waals surface area contributed by atoms with Gasteiger partial charge in [-0.15, -0.1) is 0 Å². The van der Waals surface area contributed by atoms with E-state index in [4.69, 9.17) is 21.4 Å². The highest BCUT2D eigenvalue weighted by atomic mass is 35.5. The third-order valence-corrected chi connectivity index (χ3v) is 2.59. The number of aromatic nitrogens is 2. The van der Waals surface area contributed by atoms with Gasteiger partial charge in [0.2, 0.25) is 0 Å². The summed E-state index contributed by atoms with van der Waals surface area (Å²) in [5, 5.41) is 9.36. The van der Waals surface area contributed by atoms with Crippen molar-refractivity contribution in [3.8, 4) is 10.9 Å². The van der Waals surface area contributed by atoms with Gasteiger partial charge in [0, 0.05) is 11.5 Å². The Morgan fingerprint density at radius 1 is 1.50 bits per heavy atom. The number of halogens is 1. The van der Waals surface area contributed by atoms with Crippen molar-refractivity contribution in [2.45, 2.75) is 0 Å². The maximum Gasteiger partial charge on any atom is 0.337 e. The smallest absolute Gasteiger partial charge is 0.337 e. The van der Waals surface area contributed by atoms with Crippen LogP contribution in [-0.2, 0) is 0 Å². The van der Waals surface area contributed by atoms with Gasteiger partial charge in [-0.2, -0.15) is 9.36 Å². The van der Waals surface area contributed by atoms with Crippen molar-refractivity contribution in [1.82, 2.24) is 9.36 Å². The SMILES string of the molecule is O=C(O)c1cc(Oc2ncns2)ccc1Cl. The van der Waals surface area contributed by atoms with Gasteiger partial charge in [0.25, 0.3) is 5.19 Å². The Bertz CT molecular complexity index is 515. The lowest BCUT2D eigenvalue weighted by Crippen LogP contribution is -1.97. The Morgan fingerprint density at radius 2 is 2.31 bits per heavy atom. The second-order valence-corrected chi connectivity index (χ2v) is 3.91. The molecule has 0 radical (unpaired) electrons. The molecule has 0 fully saturated rings. The molecule has 0 amide bonds. The number of hydrogen-bond donors (Lipinski definition) is 1. The number of nitrogens with zero attached hydrogens (tertiary/aromatic N) is 2. The van der Waals surface area contributed by atoms with Crippen molar-refractivity contribution < 1.29 is 14.6 Å². The van der Waals surface area contributed by atoms with Crippen molar-refractivity contribution in [2.75, 3.05) is 0 Å². The zero-order valence-corrected chi connectivity index (χ0v) is 9.33. The Hall–Kier alpha value is -1.66. The molecule has 1 aromatic carbocycles. The second kappa shape index (κ2) is 4.46. The summed E-state index contributed by atoms with van der Waals surface area (Å²) < 4.78 is 9.04. The van der Waals surface area contributed by atoms with Crippen LogP contribution in [-0.4, -0.2) is 20.4 Å². The van der Waals surface area contributed by atoms with Gasteiger partial charge in [-0.25, -0.2) is 4.79 Å². The molecule has 0 aliphatic rings. The van der Waals surface area contributed by atoms with E-state index in [0.29, 0.717) is 10.9 Å². The molecule has 0 unspecified atom stereocenters. The normalized spacial score (nSPS) is 10.1. The fourth-order valence-corrected chi connectivity index (χ4v) is 1.65. The Labute approximate surface area is 99.4 Å². The fourth-order valence-electron chi connectivity index (χ4n) is 1.04. The number of ether oxygens (including phenoxy) is 1. The van der Waals surface area contributed by atoms with Crippen LogP contribution in [0.4, 0.5) is 0 Å². The van der Waals surface area contributed by atoms with Crippen molar-refractivity contribution in [2.24, 2.45) is 0 Å². The molecule has 0 atom stereocenters. The van der Waals surface area contributed by atoms with Crippen LogP contribution in [0.5, 0.6) is 10.9 Å². The maximum atomic E-state index is 10.8. The van der Waals surface area contributed by atoms with Gasteiger partial charge in [0.05, 0.1) is 10.6 Å². The number of carboxylic acid groups (broad SMARTS) is 1. The highest BCUT2D eigenvalue weighted by molar-refractivity contribution is 7.07. The highest BCUT2D eigenvalue weighted by Gasteiger charge is 2.10. The van der Waals surface area contributed by atoms with Crippen LogP contribution in [0.2, 0.25) is 5.02 Å². The molecule has 0 saturated carbocycles. The fraction of sp³-hybridized carbons (Fsp3) is 0. The Balaban J connectivity index is 2.29. The van der Waals surface area contributed by atoms with E-state index in [1.165, 1.54) is 18.5 Å². The first kappa shape index (κ1) is 10.8. The predicted octanol–water partition coefficient (Wildman–Crippen LogP) is 2.68. The van der Waals surface area contributed by atoms with Gasteiger partial charge in [-0.3, -0.25) is 0 Å². The van der Waals surface area contributed by atoms with Crippen molar-refractivity contribution in [3.63, 3.8) is 0 Å². The molecule has 1 N–H and O–H groups in total. The van der Waals surface area contributed by atoms with E-state index in [0.717, 1.165) is 11.5 Å². The summed E-state index contributed by atoms with van der Waals surface area (Å²) in [5.74, 6) is -0.744. The van der Waals surface area contributed by atoms with Crippen LogP contribution >= 0.6 is 23.1 Å². The molecule has 1 heterocycles. The Kier molecular flexibility index (Phi) is 3.02. The summed E-state index contributed by atoms with van der Waals surface area (Å²) in [6.45, 7) is 0. The average Bonchev–Trinajstić information content (AvgIpc) is 2.73. The van der Waals surface area contributed by atoms with Gasteiger partial charge in [0.1, 0.15) is 12.1 Å². The molecule has 0 bridgehead atoms. The number of carbonyl (C=O) groups is 1. The summed E-state index contributed by atoms with van der Waals surface area (Å²) in [6, 6.07) is 4.36. The Morgan fingerprint density at radius 3 is 2.94 bits per heavy atom. The van der Waals surface area contributed by atoms with Gasteiger partial charge in [0.15, 0.2) is 0 Å². The molecule has 82 valence electrons. The van der Waals surface area contributed by atoms with E-state index in [-0.39, 0.29) is 10.6 Å². The summed E-state index contributed by atoms with van der Waals surface area (Å²) in [7, 11) is 0. The lowest BCUT2D eigenvalue weighted by molar-refractivity contribution is 0.0696. The first-order chi connectivity index (χ1) is 7.66. The van der Waals surface area contributed by atoms with Gasteiger partial charge < -0.3 is 9.84 Å². The molecule has 0 aliphatic heterocycles. The lowest BCUT2D eigenvalue weighted by Gasteiger charge is -2.03. The van der Waals surface area contributed by atoms with E-state index < -0.39 is 5.97 Å². The predicted molar refractivity (Wildman–Crippen MR) is 58.4 cm³/mol. The number of hydrogen-bond acceptors (Lipinski definition) is 5. The topological polar surface area (TPSA) is 72.3 Å². The lowest BCUT2D eigenvalue weighted by atomic mass is 10.2. The van der Waals surface area contributed by atoms with E-state index in [1.54, 1.807) is 6.07 Å². The molecular weight excluding hydrogens is 252 g/mol. The third kappa shape index (κ3) is 2.29. The van der Waals surface area contributed by atoms with Crippen LogP contribution in [0.1, 0.15) is 10.4 Å². The van der Waals surface area contributed by atoms with Gasteiger partial charge >= 0.3 is 5.97 Å². The molecule has 2 aromatic rings. The molecule has 2 rings (SSSR count). The zero-order valence-electron chi connectivity index (χ0n) is 7.75. The quantitative estimate of drug-likeness (QED) is 0.914. The molecule has 5 nitrogen and oxygen atoms in total. The first-order valence-electron chi connectivity index (χ1n) is 4.14. The number of benzene rings is 1. The second-order valence-electron chi connectivity index (χ2n) is 2.76. The van der Waals surface area contributed by atoms with Crippen LogP contribution in [0, 0.1) is 0 Å². The standard InChI is InChI=1S/C9H5ClN2O3S/c10-7-2-1-5(3-6(7)8(13)14)15-9-11-4-12-16-9/h1-4H,(H,13,14).